The van der Waals surface area contributed by atoms with Crippen LogP contribution >= 0.6 is 23.2 Å². The molecular formula is C22H20Cl2F3NO2. The number of benzene rings is 2. The second-order valence-electron chi connectivity index (χ2n) is 7.28. The zero-order valence-corrected chi connectivity index (χ0v) is 17.6. The number of likely N-dealkylation sites (tertiary alicyclic amines) is 1. The molecule has 1 N–H and O–H groups in total. The molecule has 1 amide bonds. The highest BCUT2D eigenvalue weighted by Crippen LogP contribution is 2.38. The molecule has 1 aliphatic heterocycles. The van der Waals surface area contributed by atoms with E-state index in [4.69, 9.17) is 23.2 Å². The molecule has 160 valence electrons. The van der Waals surface area contributed by atoms with Crippen LogP contribution in [0.25, 0.3) is 6.08 Å². The van der Waals surface area contributed by atoms with Gasteiger partial charge in [-0.2, -0.15) is 13.2 Å². The number of rotatable bonds is 4. The molecule has 2 atom stereocenters. The minimum absolute atomic E-state index is 0.0530. The van der Waals surface area contributed by atoms with Gasteiger partial charge in [0.25, 0.3) is 5.91 Å². The largest absolute Gasteiger partial charge is 0.399 e. The molecule has 0 bridgehead atoms. The quantitative estimate of drug-likeness (QED) is 0.592. The zero-order valence-electron chi connectivity index (χ0n) is 16.1. The number of nitrogens with zero attached hydrogens (tertiary/aromatic N) is 1. The van der Waals surface area contributed by atoms with E-state index < -0.39 is 18.3 Å². The summed E-state index contributed by atoms with van der Waals surface area (Å²) in [5.41, 5.74) is 1.51. The topological polar surface area (TPSA) is 40.5 Å². The first-order valence-corrected chi connectivity index (χ1v) is 10.1. The minimum Gasteiger partial charge on any atom is -0.374 e. The maximum Gasteiger partial charge on any atom is 0.399 e. The number of carbonyl (C=O) groups excluding carboxylic acids is 1. The van der Waals surface area contributed by atoms with E-state index in [9.17, 15) is 23.1 Å². The number of halogens is 5. The molecule has 3 rings (SSSR count). The Morgan fingerprint density at radius 2 is 1.87 bits per heavy atom. The first kappa shape index (κ1) is 22.7. The van der Waals surface area contributed by atoms with Crippen molar-refractivity contribution in [2.24, 2.45) is 0 Å². The second-order valence-corrected chi connectivity index (χ2v) is 8.15. The molecule has 8 heteroatoms. The van der Waals surface area contributed by atoms with E-state index in [1.165, 1.54) is 29.2 Å². The van der Waals surface area contributed by atoms with Crippen LogP contribution in [0.4, 0.5) is 13.2 Å². The zero-order chi connectivity index (χ0) is 22.1. The molecule has 1 heterocycles. The van der Waals surface area contributed by atoms with Crippen LogP contribution in [0.1, 0.15) is 45.8 Å². The van der Waals surface area contributed by atoms with Gasteiger partial charge in [-0.15, -0.1) is 0 Å². The van der Waals surface area contributed by atoms with Crippen LogP contribution in [0, 0.1) is 6.92 Å². The van der Waals surface area contributed by atoms with Crippen LogP contribution in [0.5, 0.6) is 0 Å². The molecule has 0 saturated carbocycles. The van der Waals surface area contributed by atoms with E-state index in [-0.39, 0.29) is 21.5 Å². The summed E-state index contributed by atoms with van der Waals surface area (Å²) in [6, 6.07) is 8.65. The maximum absolute atomic E-state index is 13.6. The summed E-state index contributed by atoms with van der Waals surface area (Å²) < 4.78 is 40.9. The van der Waals surface area contributed by atoms with Crippen molar-refractivity contribution in [3.8, 4) is 0 Å². The molecule has 30 heavy (non-hydrogen) atoms. The molecular weight excluding hydrogens is 438 g/mol. The average molecular weight is 458 g/mol. The second kappa shape index (κ2) is 9.00. The SMILES string of the molecule is Cc1cc(/C=C/C(c2cc(Cl)cc(Cl)c2)C(F)(F)F)ccc1C(=O)N1CCCC1O. The van der Waals surface area contributed by atoms with Crippen molar-refractivity contribution in [1.82, 2.24) is 4.90 Å². The Kier molecular flexibility index (Phi) is 6.80. The number of alkyl halides is 3. The molecule has 1 aliphatic rings. The van der Waals surface area contributed by atoms with E-state index in [1.54, 1.807) is 25.1 Å². The average Bonchev–Trinajstić information content (AvgIpc) is 3.05. The fourth-order valence-corrected chi connectivity index (χ4v) is 4.09. The van der Waals surface area contributed by atoms with Crippen molar-refractivity contribution in [2.75, 3.05) is 6.54 Å². The van der Waals surface area contributed by atoms with E-state index in [0.29, 0.717) is 29.7 Å². The van der Waals surface area contributed by atoms with Gasteiger partial charge in [0.2, 0.25) is 0 Å². The van der Waals surface area contributed by atoms with Crippen molar-refractivity contribution in [3.63, 3.8) is 0 Å². The van der Waals surface area contributed by atoms with Crippen LogP contribution in [0.2, 0.25) is 10.0 Å². The number of hydrogen-bond acceptors (Lipinski definition) is 2. The Balaban J connectivity index is 1.86. The third kappa shape index (κ3) is 5.17. The number of aliphatic hydroxyl groups is 1. The summed E-state index contributed by atoms with van der Waals surface area (Å²) in [4.78, 5) is 14.0. The number of aryl methyl sites for hydroxylation is 1. The van der Waals surface area contributed by atoms with Gasteiger partial charge in [0.1, 0.15) is 6.23 Å². The third-order valence-corrected chi connectivity index (χ3v) is 5.48. The Morgan fingerprint density at radius 1 is 1.20 bits per heavy atom. The highest BCUT2D eigenvalue weighted by atomic mass is 35.5. The molecule has 3 nitrogen and oxygen atoms in total. The fourth-order valence-electron chi connectivity index (χ4n) is 3.54. The van der Waals surface area contributed by atoms with Gasteiger partial charge in [-0.05, 0) is 60.7 Å². The van der Waals surface area contributed by atoms with Crippen molar-refractivity contribution >= 4 is 35.2 Å². The standard InChI is InChI=1S/C22H20Cl2F3NO2/c1-13-9-14(4-6-18(13)21(30)28-8-2-3-20(28)29)5-7-19(22(25,26)27)15-10-16(23)12-17(24)11-15/h4-7,9-12,19-20,29H,2-3,8H2,1H3/b7-5+. The van der Waals surface area contributed by atoms with Crippen molar-refractivity contribution < 1.29 is 23.1 Å². The summed E-state index contributed by atoms with van der Waals surface area (Å²) in [5.74, 6) is -2.16. The normalized spacial score (nSPS) is 18.2. The summed E-state index contributed by atoms with van der Waals surface area (Å²) in [5, 5.41) is 10.2. The Bertz CT molecular complexity index is 955. The Labute approximate surface area is 182 Å². The number of hydrogen-bond donors (Lipinski definition) is 1. The van der Waals surface area contributed by atoms with Gasteiger partial charge in [-0.1, -0.05) is 47.5 Å². The number of allylic oxidation sites excluding steroid dienone is 1. The van der Waals surface area contributed by atoms with Gasteiger partial charge in [0, 0.05) is 22.2 Å². The molecule has 2 unspecified atom stereocenters. The summed E-state index contributed by atoms with van der Waals surface area (Å²) in [6.45, 7) is 2.20. The van der Waals surface area contributed by atoms with Crippen LogP contribution in [-0.2, 0) is 0 Å². The molecule has 1 fully saturated rings. The Morgan fingerprint density at radius 3 is 2.40 bits per heavy atom. The lowest BCUT2D eigenvalue weighted by Gasteiger charge is -2.21. The number of aliphatic hydroxyl groups excluding tert-OH is 1. The minimum atomic E-state index is -4.53. The smallest absolute Gasteiger partial charge is 0.374 e. The van der Waals surface area contributed by atoms with Gasteiger partial charge < -0.3 is 10.0 Å². The lowest BCUT2D eigenvalue weighted by Crippen LogP contribution is -2.35. The van der Waals surface area contributed by atoms with E-state index in [0.717, 1.165) is 12.5 Å². The fraction of sp³-hybridized carbons (Fsp3) is 0.318. The van der Waals surface area contributed by atoms with E-state index in [1.807, 2.05) is 0 Å². The number of amides is 1. The van der Waals surface area contributed by atoms with Gasteiger partial charge in [-0.3, -0.25) is 4.79 Å². The van der Waals surface area contributed by atoms with Crippen molar-refractivity contribution in [1.29, 1.82) is 0 Å². The van der Waals surface area contributed by atoms with Crippen LogP contribution < -0.4 is 0 Å². The van der Waals surface area contributed by atoms with Gasteiger partial charge in [0.15, 0.2) is 0 Å². The predicted octanol–water partition coefficient (Wildman–Crippen LogP) is 6.22. The van der Waals surface area contributed by atoms with Crippen molar-refractivity contribution in [3.05, 3.63) is 74.8 Å². The molecule has 2 aromatic rings. The lowest BCUT2D eigenvalue weighted by atomic mass is 9.96. The van der Waals surface area contributed by atoms with Gasteiger partial charge >= 0.3 is 6.18 Å². The third-order valence-electron chi connectivity index (χ3n) is 5.04. The monoisotopic (exact) mass is 457 g/mol. The highest BCUT2D eigenvalue weighted by molar-refractivity contribution is 6.34. The molecule has 0 aliphatic carbocycles. The summed E-state index contributed by atoms with van der Waals surface area (Å²) >= 11 is 11.7. The maximum atomic E-state index is 13.6. The first-order chi connectivity index (χ1) is 14.1. The van der Waals surface area contributed by atoms with Gasteiger partial charge in [0.05, 0.1) is 5.92 Å². The highest BCUT2D eigenvalue weighted by Gasteiger charge is 2.39. The summed E-state index contributed by atoms with van der Waals surface area (Å²) in [7, 11) is 0. The van der Waals surface area contributed by atoms with E-state index in [2.05, 4.69) is 0 Å². The van der Waals surface area contributed by atoms with Gasteiger partial charge in [-0.25, -0.2) is 0 Å². The van der Waals surface area contributed by atoms with Crippen LogP contribution in [0.15, 0.2) is 42.5 Å². The molecule has 0 spiro atoms. The van der Waals surface area contributed by atoms with E-state index >= 15 is 0 Å². The summed E-state index contributed by atoms with van der Waals surface area (Å²) in [6.07, 6.45) is -1.65. The van der Waals surface area contributed by atoms with Crippen molar-refractivity contribution in [2.45, 2.75) is 38.1 Å². The molecule has 0 aromatic heterocycles. The van der Waals surface area contributed by atoms with Crippen LogP contribution in [0.3, 0.4) is 0 Å². The molecule has 0 radical (unpaired) electrons. The molecule has 2 aromatic carbocycles. The molecule has 1 saturated heterocycles. The Hall–Kier alpha value is -2.02. The lowest BCUT2D eigenvalue weighted by molar-refractivity contribution is -0.139. The van der Waals surface area contributed by atoms with Crippen LogP contribution in [-0.4, -0.2) is 34.9 Å². The predicted molar refractivity (Wildman–Crippen MR) is 112 cm³/mol. The first-order valence-electron chi connectivity index (χ1n) is 9.37. The number of carbonyl (C=O) groups is 1.